The van der Waals surface area contributed by atoms with E-state index in [1.165, 1.54) is 13.2 Å². The number of phosphoric acid groups is 1. The first-order valence-corrected chi connectivity index (χ1v) is 8.90. The van der Waals surface area contributed by atoms with Crippen molar-refractivity contribution in [1.82, 2.24) is 0 Å². The van der Waals surface area contributed by atoms with E-state index < -0.39 is 49.9 Å². The molecule has 0 aromatic rings. The van der Waals surface area contributed by atoms with Gasteiger partial charge in [0, 0.05) is 21.3 Å². The highest BCUT2D eigenvalue weighted by molar-refractivity contribution is 7.48. The number of esters is 1. The Kier molecular flexibility index (Phi) is 6.26. The summed E-state index contributed by atoms with van der Waals surface area (Å²) in [5.74, 6) is -2.10. The van der Waals surface area contributed by atoms with Gasteiger partial charge in [0.1, 0.15) is 18.3 Å². The Morgan fingerprint density at radius 1 is 1.12 bits per heavy atom. The summed E-state index contributed by atoms with van der Waals surface area (Å²) in [6, 6.07) is 0. The average Bonchev–Trinajstić information content (AvgIpc) is 3.03. The summed E-state index contributed by atoms with van der Waals surface area (Å²) in [5.41, 5.74) is 0. The quantitative estimate of drug-likeness (QED) is 0.277. The SMILES string of the molecule is COC(=O)/C(=C\[C@H]1O[C@@H]2OC(C)(C)O[C@@H]2[C@H]1OC)OP(=O)(OC)OC. The monoisotopic (exact) mass is 382 g/mol. The summed E-state index contributed by atoms with van der Waals surface area (Å²) >= 11 is 0. The van der Waals surface area contributed by atoms with Crippen LogP contribution in [0.1, 0.15) is 13.8 Å². The third-order valence-corrected chi connectivity index (χ3v) is 4.97. The Morgan fingerprint density at radius 3 is 2.28 bits per heavy atom. The van der Waals surface area contributed by atoms with Crippen LogP contribution in [-0.2, 0) is 46.6 Å². The number of phosphoric ester groups is 1. The fourth-order valence-electron chi connectivity index (χ4n) is 2.56. The standard InChI is InChI=1S/C14H23O10P/c1-14(2)22-11-10(17-3)8(21-13(11)23-14)7-9(12(15)18-4)24-25(16,19-5)20-6/h7-8,10-11,13H,1-6H3/b9-7+/t8-,10+,11-,13-/m1/s1. The summed E-state index contributed by atoms with van der Waals surface area (Å²) < 4.78 is 53.7. The van der Waals surface area contributed by atoms with Gasteiger partial charge in [0.15, 0.2) is 12.1 Å². The Bertz CT molecular complexity index is 566. The zero-order valence-corrected chi connectivity index (χ0v) is 15.8. The third-order valence-electron chi connectivity index (χ3n) is 3.66. The number of carbonyl (C=O) groups excluding carboxylic acids is 1. The van der Waals surface area contributed by atoms with Crippen molar-refractivity contribution in [2.24, 2.45) is 0 Å². The van der Waals surface area contributed by atoms with E-state index in [9.17, 15) is 9.36 Å². The molecule has 0 saturated carbocycles. The molecule has 2 fully saturated rings. The molecule has 0 amide bonds. The maximum atomic E-state index is 12.2. The molecule has 0 spiro atoms. The summed E-state index contributed by atoms with van der Waals surface area (Å²) in [6.07, 6.45) is -1.27. The van der Waals surface area contributed by atoms with Crippen molar-refractivity contribution in [3.63, 3.8) is 0 Å². The Balaban J connectivity index is 2.24. The molecule has 25 heavy (non-hydrogen) atoms. The molecular weight excluding hydrogens is 359 g/mol. The molecule has 144 valence electrons. The Hall–Kier alpha value is -1.00. The van der Waals surface area contributed by atoms with Gasteiger partial charge in [-0.1, -0.05) is 0 Å². The maximum Gasteiger partial charge on any atom is 0.529 e. The number of carbonyl (C=O) groups is 1. The van der Waals surface area contributed by atoms with E-state index in [-0.39, 0.29) is 0 Å². The highest BCUT2D eigenvalue weighted by atomic mass is 31.2. The largest absolute Gasteiger partial charge is 0.529 e. The smallest absolute Gasteiger partial charge is 0.463 e. The molecule has 0 N–H and O–H groups in total. The van der Waals surface area contributed by atoms with Crippen molar-refractivity contribution >= 4 is 13.8 Å². The second-order valence-electron chi connectivity index (χ2n) is 5.70. The number of hydrogen-bond acceptors (Lipinski definition) is 10. The molecule has 2 aliphatic rings. The molecule has 2 aliphatic heterocycles. The molecule has 0 aromatic carbocycles. The van der Waals surface area contributed by atoms with Crippen molar-refractivity contribution < 1.29 is 46.6 Å². The lowest BCUT2D eigenvalue weighted by Crippen LogP contribution is -2.35. The maximum absolute atomic E-state index is 12.2. The van der Waals surface area contributed by atoms with Crippen LogP contribution in [0.4, 0.5) is 0 Å². The second kappa shape index (κ2) is 7.71. The van der Waals surface area contributed by atoms with Crippen molar-refractivity contribution in [2.45, 2.75) is 44.2 Å². The molecule has 0 unspecified atom stereocenters. The van der Waals surface area contributed by atoms with E-state index in [1.807, 2.05) is 0 Å². The van der Waals surface area contributed by atoms with Crippen LogP contribution in [-0.4, -0.2) is 64.8 Å². The van der Waals surface area contributed by atoms with Gasteiger partial charge in [-0.3, -0.25) is 9.05 Å². The fraction of sp³-hybridized carbons (Fsp3) is 0.786. The second-order valence-corrected chi connectivity index (χ2v) is 7.50. The molecular formula is C14H23O10P. The van der Waals surface area contributed by atoms with Crippen molar-refractivity contribution in [2.75, 3.05) is 28.4 Å². The molecule has 0 aromatic heterocycles. The van der Waals surface area contributed by atoms with E-state index in [4.69, 9.17) is 23.5 Å². The van der Waals surface area contributed by atoms with Gasteiger partial charge in [-0.15, -0.1) is 0 Å². The van der Waals surface area contributed by atoms with Crippen LogP contribution in [0.25, 0.3) is 0 Å². The highest BCUT2D eigenvalue weighted by Gasteiger charge is 2.55. The number of rotatable bonds is 7. The van der Waals surface area contributed by atoms with Gasteiger partial charge in [0.2, 0.25) is 5.76 Å². The molecule has 10 nitrogen and oxygen atoms in total. The summed E-state index contributed by atoms with van der Waals surface area (Å²) in [7, 11) is 0.905. The fourth-order valence-corrected chi connectivity index (χ4v) is 3.24. The summed E-state index contributed by atoms with van der Waals surface area (Å²) in [4.78, 5) is 11.9. The van der Waals surface area contributed by atoms with Crippen LogP contribution in [0.3, 0.4) is 0 Å². The van der Waals surface area contributed by atoms with Gasteiger partial charge < -0.3 is 28.2 Å². The van der Waals surface area contributed by atoms with Gasteiger partial charge in [-0.05, 0) is 19.9 Å². The number of methoxy groups -OCH3 is 2. The Labute approximate surface area is 145 Å². The van der Waals surface area contributed by atoms with Gasteiger partial charge >= 0.3 is 13.8 Å². The van der Waals surface area contributed by atoms with Gasteiger partial charge in [0.05, 0.1) is 7.11 Å². The minimum absolute atomic E-state index is 0.402. The average molecular weight is 382 g/mol. The predicted octanol–water partition coefficient (Wildman–Crippen LogP) is 1.35. The minimum Gasteiger partial charge on any atom is -0.463 e. The molecule has 2 heterocycles. The van der Waals surface area contributed by atoms with E-state index >= 15 is 0 Å². The van der Waals surface area contributed by atoms with Crippen LogP contribution < -0.4 is 0 Å². The minimum atomic E-state index is -3.96. The molecule has 0 bridgehead atoms. The lowest BCUT2D eigenvalue weighted by atomic mass is 10.1. The van der Waals surface area contributed by atoms with Crippen LogP contribution in [0.15, 0.2) is 11.8 Å². The summed E-state index contributed by atoms with van der Waals surface area (Å²) in [5, 5.41) is 0. The summed E-state index contributed by atoms with van der Waals surface area (Å²) in [6.45, 7) is 3.51. The zero-order valence-electron chi connectivity index (χ0n) is 14.9. The topological polar surface area (TPSA) is 108 Å². The first-order valence-electron chi connectivity index (χ1n) is 7.43. The number of fused-ring (bicyclic) bond motifs is 1. The number of hydrogen-bond donors (Lipinski definition) is 0. The van der Waals surface area contributed by atoms with E-state index in [0.29, 0.717) is 0 Å². The van der Waals surface area contributed by atoms with E-state index in [1.54, 1.807) is 13.8 Å². The highest BCUT2D eigenvalue weighted by Crippen LogP contribution is 2.50. The van der Waals surface area contributed by atoms with E-state index in [2.05, 4.69) is 13.8 Å². The van der Waals surface area contributed by atoms with Crippen LogP contribution in [0.5, 0.6) is 0 Å². The van der Waals surface area contributed by atoms with Crippen molar-refractivity contribution in [3.8, 4) is 0 Å². The lowest BCUT2D eigenvalue weighted by Gasteiger charge is -2.24. The molecule has 2 saturated heterocycles. The molecule has 11 heteroatoms. The van der Waals surface area contributed by atoms with Gasteiger partial charge in [0.25, 0.3) is 0 Å². The van der Waals surface area contributed by atoms with Crippen LogP contribution in [0, 0.1) is 0 Å². The van der Waals surface area contributed by atoms with Crippen LogP contribution in [0.2, 0.25) is 0 Å². The van der Waals surface area contributed by atoms with Crippen molar-refractivity contribution in [3.05, 3.63) is 11.8 Å². The number of ether oxygens (including phenoxy) is 5. The van der Waals surface area contributed by atoms with Gasteiger partial charge in [-0.2, -0.15) is 0 Å². The van der Waals surface area contributed by atoms with Gasteiger partial charge in [-0.25, -0.2) is 9.36 Å². The molecule has 0 radical (unpaired) electrons. The van der Waals surface area contributed by atoms with E-state index in [0.717, 1.165) is 21.3 Å². The third kappa shape index (κ3) is 4.40. The van der Waals surface area contributed by atoms with Crippen LogP contribution >= 0.6 is 7.82 Å². The molecule has 2 rings (SSSR count). The van der Waals surface area contributed by atoms with Crippen molar-refractivity contribution in [1.29, 1.82) is 0 Å². The first-order chi connectivity index (χ1) is 11.7. The Morgan fingerprint density at radius 2 is 1.76 bits per heavy atom. The predicted molar refractivity (Wildman–Crippen MR) is 82.3 cm³/mol. The first kappa shape index (κ1) is 20.3. The lowest BCUT2D eigenvalue weighted by molar-refractivity contribution is -0.210. The zero-order chi connectivity index (χ0) is 18.8. The molecule has 0 aliphatic carbocycles. The molecule has 4 atom stereocenters. The normalized spacial score (nSPS) is 31.7.